The molecular formula is C13H19N. The molecule has 0 atom stereocenters. The van der Waals surface area contributed by atoms with Crippen LogP contribution in [0.15, 0.2) is 24.9 Å². The number of allylic oxidation sites excluding steroid dienone is 1. The topological polar surface area (TPSA) is 4.93 Å². The monoisotopic (exact) mass is 189 g/mol. The Balaban J connectivity index is 3.66. The molecule has 0 unspecified atom stereocenters. The van der Waals surface area contributed by atoms with Crippen molar-refractivity contribution in [2.75, 3.05) is 0 Å². The maximum atomic E-state index is 3.88. The first-order valence-corrected chi connectivity index (χ1v) is 5.06. The second-order valence-electron chi connectivity index (χ2n) is 3.83. The number of hydrogen-bond donors (Lipinski definition) is 0. The summed E-state index contributed by atoms with van der Waals surface area (Å²) in [6.45, 7) is 10.3. The molecule has 0 aliphatic heterocycles. The Morgan fingerprint density at radius 2 is 2.14 bits per heavy atom. The van der Waals surface area contributed by atoms with Gasteiger partial charge >= 0.3 is 0 Å². The van der Waals surface area contributed by atoms with Crippen LogP contribution < -0.4 is 10.6 Å². The average Bonchev–Trinajstić information content (AvgIpc) is 2.48. The lowest BCUT2D eigenvalue weighted by Crippen LogP contribution is -2.29. The Labute approximate surface area is 86.1 Å². The van der Waals surface area contributed by atoms with Crippen LogP contribution in [0.2, 0.25) is 0 Å². The Morgan fingerprint density at radius 1 is 1.50 bits per heavy atom. The first kappa shape index (κ1) is 10.8. The second-order valence-corrected chi connectivity index (χ2v) is 3.83. The quantitative estimate of drug-likeness (QED) is 0.669. The molecule has 1 heteroatoms. The van der Waals surface area contributed by atoms with Crippen LogP contribution in [0.1, 0.15) is 20.8 Å². The molecule has 0 amide bonds. The predicted molar refractivity (Wildman–Crippen MR) is 63.2 cm³/mol. The van der Waals surface area contributed by atoms with Crippen LogP contribution in [0.25, 0.3) is 11.6 Å². The van der Waals surface area contributed by atoms with Gasteiger partial charge in [0.1, 0.15) is 0 Å². The number of nitrogens with zero attached hydrogens (tertiary/aromatic N) is 1. The largest absolute Gasteiger partial charge is 0.351 e. The summed E-state index contributed by atoms with van der Waals surface area (Å²) in [5.74, 6) is 0.522. The molecule has 14 heavy (non-hydrogen) atoms. The summed E-state index contributed by atoms with van der Waals surface area (Å²) in [5, 5.41) is 2.58. The van der Waals surface area contributed by atoms with Gasteiger partial charge in [-0.2, -0.15) is 0 Å². The van der Waals surface area contributed by atoms with Crippen molar-refractivity contribution in [3.8, 4) is 0 Å². The van der Waals surface area contributed by atoms with E-state index in [4.69, 9.17) is 0 Å². The highest BCUT2D eigenvalue weighted by atomic mass is 14.9. The van der Waals surface area contributed by atoms with Gasteiger partial charge < -0.3 is 4.57 Å². The van der Waals surface area contributed by atoms with Crippen LogP contribution in [-0.2, 0) is 7.05 Å². The summed E-state index contributed by atoms with van der Waals surface area (Å²) in [7, 11) is 2.07. The van der Waals surface area contributed by atoms with E-state index in [9.17, 15) is 0 Å². The van der Waals surface area contributed by atoms with E-state index in [1.54, 1.807) is 0 Å². The third kappa shape index (κ3) is 1.82. The Hall–Kier alpha value is -1.24. The molecule has 0 spiro atoms. The fraction of sp³-hybridized carbons (Fsp3) is 0.385. The third-order valence-corrected chi connectivity index (χ3v) is 2.55. The molecule has 0 saturated heterocycles. The predicted octanol–water partition coefficient (Wildman–Crippen LogP) is 1.82. The van der Waals surface area contributed by atoms with Crippen LogP contribution in [-0.4, -0.2) is 4.57 Å². The van der Waals surface area contributed by atoms with Crippen molar-refractivity contribution in [3.05, 3.63) is 35.5 Å². The minimum atomic E-state index is 0.522. The van der Waals surface area contributed by atoms with Gasteiger partial charge in [0.05, 0.1) is 0 Å². The van der Waals surface area contributed by atoms with Gasteiger partial charge in [0.25, 0.3) is 0 Å². The van der Waals surface area contributed by atoms with Crippen molar-refractivity contribution in [1.29, 1.82) is 0 Å². The van der Waals surface area contributed by atoms with Gasteiger partial charge in [-0.05, 0) is 24.5 Å². The van der Waals surface area contributed by atoms with Crippen LogP contribution in [0.3, 0.4) is 0 Å². The maximum Gasteiger partial charge on any atom is 0.0437 e. The first-order chi connectivity index (χ1) is 6.61. The zero-order valence-electron chi connectivity index (χ0n) is 9.54. The van der Waals surface area contributed by atoms with Crippen molar-refractivity contribution < 1.29 is 0 Å². The minimum Gasteiger partial charge on any atom is -0.351 e. The number of aromatic nitrogens is 1. The highest BCUT2D eigenvalue weighted by Gasteiger charge is 2.01. The van der Waals surface area contributed by atoms with Crippen LogP contribution >= 0.6 is 0 Å². The zero-order chi connectivity index (χ0) is 10.7. The normalized spacial score (nSPS) is 14.8. The van der Waals surface area contributed by atoms with E-state index in [2.05, 4.69) is 57.3 Å². The van der Waals surface area contributed by atoms with Gasteiger partial charge in [-0.25, -0.2) is 0 Å². The summed E-state index contributed by atoms with van der Waals surface area (Å²) in [6, 6.07) is 2.16. The van der Waals surface area contributed by atoms with Crippen molar-refractivity contribution >= 4 is 11.6 Å². The molecule has 0 bridgehead atoms. The lowest BCUT2D eigenvalue weighted by Gasteiger charge is -2.04. The van der Waals surface area contributed by atoms with E-state index in [-0.39, 0.29) is 0 Å². The summed E-state index contributed by atoms with van der Waals surface area (Å²) in [5.41, 5.74) is 1.32. The summed E-state index contributed by atoms with van der Waals surface area (Å²) >= 11 is 0. The van der Waals surface area contributed by atoms with Crippen molar-refractivity contribution in [3.63, 3.8) is 0 Å². The van der Waals surface area contributed by atoms with Gasteiger partial charge in [-0.3, -0.25) is 0 Å². The molecule has 1 nitrogen and oxygen atoms in total. The zero-order valence-corrected chi connectivity index (χ0v) is 9.54. The average molecular weight is 189 g/mol. The molecule has 1 aromatic rings. The molecule has 0 aliphatic carbocycles. The molecule has 0 radical (unpaired) electrons. The van der Waals surface area contributed by atoms with Crippen LogP contribution in [0, 0.1) is 5.92 Å². The summed E-state index contributed by atoms with van der Waals surface area (Å²) in [4.78, 5) is 0. The van der Waals surface area contributed by atoms with Crippen molar-refractivity contribution in [1.82, 2.24) is 4.57 Å². The second kappa shape index (κ2) is 4.32. The highest BCUT2D eigenvalue weighted by Crippen LogP contribution is 2.08. The Morgan fingerprint density at radius 3 is 2.57 bits per heavy atom. The van der Waals surface area contributed by atoms with E-state index < -0.39 is 0 Å². The maximum absolute atomic E-state index is 3.88. The van der Waals surface area contributed by atoms with Gasteiger partial charge in [0.15, 0.2) is 0 Å². The van der Waals surface area contributed by atoms with E-state index >= 15 is 0 Å². The lowest BCUT2D eigenvalue weighted by molar-refractivity contribution is 0.848. The fourth-order valence-electron chi connectivity index (χ4n) is 1.80. The molecule has 0 aliphatic rings. The summed E-state index contributed by atoms with van der Waals surface area (Å²) in [6.07, 6.45) is 6.20. The van der Waals surface area contributed by atoms with Gasteiger partial charge in [0, 0.05) is 23.8 Å². The smallest absolute Gasteiger partial charge is 0.0437 e. The minimum absolute atomic E-state index is 0.522. The molecule has 1 rings (SSSR count). The number of aryl methyl sites for hydroxylation is 1. The fourth-order valence-corrected chi connectivity index (χ4v) is 1.80. The number of rotatable bonds is 2. The van der Waals surface area contributed by atoms with Crippen molar-refractivity contribution in [2.45, 2.75) is 20.8 Å². The summed E-state index contributed by atoms with van der Waals surface area (Å²) < 4.78 is 2.14. The molecular weight excluding hydrogens is 170 g/mol. The van der Waals surface area contributed by atoms with E-state index in [1.807, 2.05) is 6.08 Å². The standard InChI is InChI=1S/C13H19N/c1-6-11(10(3)4)12-8-9-14(5)13(12)7-2/h6-10H,1H2,2-5H3/b12-11+,13-7+. The SMILES string of the molecule is C=C/C(=c1/ccn(C)/c1=C/C)C(C)C. The van der Waals surface area contributed by atoms with Gasteiger partial charge in [-0.15, -0.1) is 0 Å². The number of hydrogen-bond acceptors (Lipinski definition) is 0. The van der Waals surface area contributed by atoms with E-state index in [1.165, 1.54) is 16.1 Å². The Kier molecular flexibility index (Phi) is 3.34. The van der Waals surface area contributed by atoms with Crippen LogP contribution in [0.5, 0.6) is 0 Å². The van der Waals surface area contributed by atoms with E-state index in [0.717, 1.165) is 0 Å². The molecule has 1 aromatic heterocycles. The van der Waals surface area contributed by atoms with E-state index in [0.29, 0.717) is 5.92 Å². The first-order valence-electron chi connectivity index (χ1n) is 5.06. The lowest BCUT2D eigenvalue weighted by atomic mass is 10.0. The van der Waals surface area contributed by atoms with Gasteiger partial charge in [0.2, 0.25) is 0 Å². The molecule has 0 saturated carbocycles. The highest BCUT2D eigenvalue weighted by molar-refractivity contribution is 5.57. The molecule has 1 heterocycles. The third-order valence-electron chi connectivity index (χ3n) is 2.55. The molecule has 0 aromatic carbocycles. The van der Waals surface area contributed by atoms with Gasteiger partial charge in [-0.1, -0.05) is 32.6 Å². The van der Waals surface area contributed by atoms with Crippen molar-refractivity contribution in [2.24, 2.45) is 13.0 Å². The molecule has 0 fully saturated rings. The molecule has 76 valence electrons. The molecule has 0 N–H and O–H groups in total. The Bertz CT molecular complexity index is 432. The van der Waals surface area contributed by atoms with Crippen LogP contribution in [0.4, 0.5) is 0 Å².